The summed E-state index contributed by atoms with van der Waals surface area (Å²) in [5, 5.41) is 0. The molecule has 2 rings (SSSR count). The zero-order valence-electron chi connectivity index (χ0n) is 11.8. The molecule has 6 nitrogen and oxygen atoms in total. The number of aromatic nitrogens is 2. The molecule has 6 heteroatoms. The van der Waals surface area contributed by atoms with E-state index in [0.29, 0.717) is 24.1 Å². The minimum Gasteiger partial charge on any atom is -0.439 e. The van der Waals surface area contributed by atoms with Crippen LogP contribution in [0, 0.1) is 13.8 Å². The van der Waals surface area contributed by atoms with Gasteiger partial charge in [0.05, 0.1) is 0 Å². The average Bonchev–Trinajstić information content (AvgIpc) is 2.43. The van der Waals surface area contributed by atoms with E-state index in [1.54, 1.807) is 13.2 Å². The smallest absolute Gasteiger partial charge is 0.224 e. The van der Waals surface area contributed by atoms with Crippen LogP contribution in [0.4, 0.5) is 5.82 Å². The fraction of sp³-hybridized carbons (Fsp3) is 0.286. The monoisotopic (exact) mass is 274 g/mol. The van der Waals surface area contributed by atoms with Crippen molar-refractivity contribution in [2.24, 2.45) is 5.84 Å². The van der Waals surface area contributed by atoms with E-state index >= 15 is 0 Å². The number of ether oxygens (including phenoxy) is 2. The third-order valence-electron chi connectivity index (χ3n) is 2.73. The highest BCUT2D eigenvalue weighted by atomic mass is 16.5. The number of hydrogen-bond donors (Lipinski definition) is 2. The lowest BCUT2D eigenvalue weighted by Crippen LogP contribution is -2.11. The van der Waals surface area contributed by atoms with Crippen LogP contribution in [0.15, 0.2) is 24.3 Å². The van der Waals surface area contributed by atoms with E-state index in [-0.39, 0.29) is 0 Å². The summed E-state index contributed by atoms with van der Waals surface area (Å²) in [6.07, 6.45) is 0. The molecule has 3 N–H and O–H groups in total. The number of anilines is 1. The molecule has 0 bridgehead atoms. The van der Waals surface area contributed by atoms with Crippen molar-refractivity contribution in [1.82, 2.24) is 9.97 Å². The zero-order chi connectivity index (χ0) is 14.5. The van der Waals surface area contributed by atoms with Crippen molar-refractivity contribution in [2.45, 2.75) is 20.5 Å². The molecule has 0 atom stereocenters. The Labute approximate surface area is 117 Å². The Morgan fingerprint density at radius 3 is 2.70 bits per heavy atom. The highest BCUT2D eigenvalue weighted by molar-refractivity contribution is 5.42. The maximum absolute atomic E-state index is 5.82. The molecule has 0 spiro atoms. The SMILES string of the molecule is COCc1nc(NN)cc(Oc2cc(C)ccc2C)n1. The van der Waals surface area contributed by atoms with E-state index in [0.717, 1.165) is 16.9 Å². The molecule has 0 amide bonds. The summed E-state index contributed by atoms with van der Waals surface area (Å²) in [5.41, 5.74) is 4.64. The van der Waals surface area contributed by atoms with Gasteiger partial charge in [0.15, 0.2) is 5.82 Å². The lowest BCUT2D eigenvalue weighted by Gasteiger charge is -2.11. The number of nitrogen functional groups attached to an aromatic ring is 1. The molecular weight excluding hydrogens is 256 g/mol. The summed E-state index contributed by atoms with van der Waals surface area (Å²) in [6.45, 7) is 4.28. The predicted octanol–water partition coefficient (Wildman–Crippen LogP) is 2.32. The summed E-state index contributed by atoms with van der Waals surface area (Å²) in [7, 11) is 1.58. The summed E-state index contributed by atoms with van der Waals surface area (Å²) in [4.78, 5) is 8.45. The summed E-state index contributed by atoms with van der Waals surface area (Å²) < 4.78 is 10.8. The van der Waals surface area contributed by atoms with Crippen LogP contribution in [0.1, 0.15) is 17.0 Å². The molecule has 0 unspecified atom stereocenters. The molecular formula is C14H18N4O2. The predicted molar refractivity (Wildman–Crippen MR) is 76.5 cm³/mol. The highest BCUT2D eigenvalue weighted by Gasteiger charge is 2.08. The largest absolute Gasteiger partial charge is 0.439 e. The number of hydrogen-bond acceptors (Lipinski definition) is 6. The molecule has 20 heavy (non-hydrogen) atoms. The van der Waals surface area contributed by atoms with E-state index < -0.39 is 0 Å². The molecule has 0 aliphatic carbocycles. The van der Waals surface area contributed by atoms with Crippen molar-refractivity contribution < 1.29 is 9.47 Å². The first kappa shape index (κ1) is 14.2. The van der Waals surface area contributed by atoms with Gasteiger partial charge in [-0.3, -0.25) is 0 Å². The summed E-state index contributed by atoms with van der Waals surface area (Å²) in [6, 6.07) is 7.64. The first-order valence-electron chi connectivity index (χ1n) is 6.21. The van der Waals surface area contributed by atoms with Gasteiger partial charge in [-0.2, -0.15) is 4.98 Å². The zero-order valence-corrected chi connectivity index (χ0v) is 11.8. The molecule has 0 aliphatic rings. The van der Waals surface area contributed by atoms with Crippen molar-refractivity contribution >= 4 is 5.82 Å². The second-order valence-electron chi connectivity index (χ2n) is 4.46. The molecule has 2 aromatic rings. The van der Waals surface area contributed by atoms with Gasteiger partial charge in [0.1, 0.15) is 18.2 Å². The molecule has 0 radical (unpaired) electrons. The lowest BCUT2D eigenvalue weighted by molar-refractivity contribution is 0.177. The number of nitrogens with zero attached hydrogens (tertiary/aromatic N) is 2. The number of benzene rings is 1. The Morgan fingerprint density at radius 2 is 2.00 bits per heavy atom. The topological polar surface area (TPSA) is 82.3 Å². The van der Waals surface area contributed by atoms with Gasteiger partial charge in [0, 0.05) is 13.2 Å². The quantitative estimate of drug-likeness (QED) is 0.643. The number of nitrogens with one attached hydrogen (secondary N) is 1. The molecule has 106 valence electrons. The fourth-order valence-corrected chi connectivity index (χ4v) is 1.72. The van der Waals surface area contributed by atoms with Gasteiger partial charge < -0.3 is 14.9 Å². The normalized spacial score (nSPS) is 10.4. The van der Waals surface area contributed by atoms with E-state index in [1.165, 1.54) is 0 Å². The molecule has 0 saturated heterocycles. The maximum atomic E-state index is 5.82. The van der Waals surface area contributed by atoms with Crippen molar-refractivity contribution in [3.05, 3.63) is 41.2 Å². The number of methoxy groups -OCH3 is 1. The first-order chi connectivity index (χ1) is 9.62. The van der Waals surface area contributed by atoms with Crippen molar-refractivity contribution in [3.8, 4) is 11.6 Å². The highest BCUT2D eigenvalue weighted by Crippen LogP contribution is 2.26. The second kappa shape index (κ2) is 6.31. The molecule has 1 aromatic carbocycles. The molecule has 0 aliphatic heterocycles. The minimum atomic E-state index is 0.290. The van der Waals surface area contributed by atoms with Gasteiger partial charge in [-0.25, -0.2) is 10.8 Å². The van der Waals surface area contributed by atoms with Gasteiger partial charge in [-0.1, -0.05) is 12.1 Å². The van der Waals surface area contributed by atoms with Crippen LogP contribution in [0.25, 0.3) is 0 Å². The van der Waals surface area contributed by atoms with E-state index in [9.17, 15) is 0 Å². The Balaban J connectivity index is 2.32. The van der Waals surface area contributed by atoms with Crippen LogP contribution in [0.3, 0.4) is 0 Å². The standard InChI is InChI=1S/C14H18N4O2/c1-9-4-5-10(2)11(6-9)20-14-7-12(18-15)16-13(17-14)8-19-3/h4-7H,8,15H2,1-3H3,(H,16,17,18). The van der Waals surface area contributed by atoms with Crippen LogP contribution >= 0.6 is 0 Å². The van der Waals surface area contributed by atoms with Gasteiger partial charge in [-0.05, 0) is 31.0 Å². The third kappa shape index (κ3) is 3.43. The van der Waals surface area contributed by atoms with Crippen LogP contribution in [-0.2, 0) is 11.3 Å². The minimum absolute atomic E-state index is 0.290. The molecule has 1 heterocycles. The maximum Gasteiger partial charge on any atom is 0.224 e. The van der Waals surface area contributed by atoms with Crippen LogP contribution in [0.2, 0.25) is 0 Å². The number of nitrogens with two attached hydrogens (primary N) is 1. The molecule has 0 fully saturated rings. The Morgan fingerprint density at radius 1 is 1.20 bits per heavy atom. The van der Waals surface area contributed by atoms with E-state index in [4.69, 9.17) is 15.3 Å². The second-order valence-corrected chi connectivity index (χ2v) is 4.46. The van der Waals surface area contributed by atoms with Gasteiger partial charge in [0.25, 0.3) is 0 Å². The van der Waals surface area contributed by atoms with Crippen LogP contribution in [-0.4, -0.2) is 17.1 Å². The van der Waals surface area contributed by atoms with Gasteiger partial charge in [-0.15, -0.1) is 0 Å². The van der Waals surface area contributed by atoms with Gasteiger partial charge in [0.2, 0.25) is 5.88 Å². The van der Waals surface area contributed by atoms with Crippen molar-refractivity contribution in [2.75, 3.05) is 12.5 Å². The first-order valence-corrected chi connectivity index (χ1v) is 6.21. The molecule has 1 aromatic heterocycles. The number of hydrazine groups is 1. The van der Waals surface area contributed by atoms with Crippen LogP contribution < -0.4 is 16.0 Å². The summed E-state index contributed by atoms with van der Waals surface area (Å²) in [5.74, 6) is 7.56. The Hall–Kier alpha value is -2.18. The van der Waals surface area contributed by atoms with Crippen LogP contribution in [0.5, 0.6) is 11.6 Å². The molecule has 0 saturated carbocycles. The average molecular weight is 274 g/mol. The Bertz CT molecular complexity index is 602. The Kier molecular flexibility index (Phi) is 4.49. The van der Waals surface area contributed by atoms with E-state index in [2.05, 4.69) is 15.4 Å². The van der Waals surface area contributed by atoms with Crippen molar-refractivity contribution in [1.29, 1.82) is 0 Å². The van der Waals surface area contributed by atoms with E-state index in [1.807, 2.05) is 32.0 Å². The summed E-state index contributed by atoms with van der Waals surface area (Å²) >= 11 is 0. The third-order valence-corrected chi connectivity index (χ3v) is 2.73. The lowest BCUT2D eigenvalue weighted by atomic mass is 10.1. The number of rotatable bonds is 5. The number of aryl methyl sites for hydroxylation is 2. The van der Waals surface area contributed by atoms with Gasteiger partial charge >= 0.3 is 0 Å². The fourth-order valence-electron chi connectivity index (χ4n) is 1.72. The van der Waals surface area contributed by atoms with Crippen molar-refractivity contribution in [3.63, 3.8) is 0 Å².